The first-order chi connectivity index (χ1) is 14.0. The number of thiocarbonyl (C=S) groups is 1. The van der Waals surface area contributed by atoms with E-state index in [2.05, 4.69) is 16.0 Å². The number of nitrogens with one attached hydrogen (secondary N) is 3. The first-order valence-corrected chi connectivity index (χ1v) is 9.29. The molecule has 0 unspecified atom stereocenters. The zero-order chi connectivity index (χ0) is 20.6. The van der Waals surface area contributed by atoms with Gasteiger partial charge in [0.05, 0.1) is 6.26 Å². The van der Waals surface area contributed by atoms with Crippen LogP contribution in [0.15, 0.2) is 77.4 Å². The van der Waals surface area contributed by atoms with Gasteiger partial charge in [-0.15, -0.1) is 0 Å². The Morgan fingerprint density at radius 1 is 0.966 bits per heavy atom. The summed E-state index contributed by atoms with van der Waals surface area (Å²) < 4.78 is 5.11. The minimum Gasteiger partial charge on any atom is -0.465 e. The Morgan fingerprint density at radius 2 is 1.69 bits per heavy atom. The van der Waals surface area contributed by atoms with E-state index in [0.29, 0.717) is 27.7 Å². The van der Waals surface area contributed by atoms with Crippen LogP contribution in [-0.4, -0.2) is 16.9 Å². The van der Waals surface area contributed by atoms with Crippen LogP contribution in [0.1, 0.15) is 16.1 Å². The number of amides is 2. The van der Waals surface area contributed by atoms with Gasteiger partial charge in [-0.3, -0.25) is 14.9 Å². The van der Waals surface area contributed by atoms with Crippen LogP contribution in [0.3, 0.4) is 0 Å². The highest BCUT2D eigenvalue weighted by molar-refractivity contribution is 7.80. The third kappa shape index (κ3) is 6.31. The maximum atomic E-state index is 12.2. The zero-order valence-corrected chi connectivity index (χ0v) is 16.6. The van der Waals surface area contributed by atoms with Gasteiger partial charge in [0.2, 0.25) is 5.91 Å². The fourth-order valence-corrected chi connectivity index (χ4v) is 2.74. The van der Waals surface area contributed by atoms with Crippen molar-refractivity contribution in [3.05, 3.63) is 89.3 Å². The molecule has 29 heavy (non-hydrogen) atoms. The van der Waals surface area contributed by atoms with Gasteiger partial charge in [0, 0.05) is 28.0 Å². The smallest absolute Gasteiger partial charge is 0.255 e. The first-order valence-electron chi connectivity index (χ1n) is 8.50. The second-order valence-corrected chi connectivity index (χ2v) is 6.68. The predicted octanol–water partition coefficient (Wildman–Crippen LogP) is 4.71. The number of carbonyl (C=O) groups excluding carboxylic acids is 2. The van der Waals surface area contributed by atoms with Crippen molar-refractivity contribution >= 4 is 58.2 Å². The van der Waals surface area contributed by atoms with E-state index in [1.807, 2.05) is 0 Å². The van der Waals surface area contributed by atoms with Gasteiger partial charge in [-0.2, -0.15) is 0 Å². The molecule has 3 aromatic rings. The summed E-state index contributed by atoms with van der Waals surface area (Å²) in [5.74, 6) is -0.0851. The molecule has 2 amide bonds. The van der Waals surface area contributed by atoms with Crippen molar-refractivity contribution < 1.29 is 14.0 Å². The Labute approximate surface area is 177 Å². The summed E-state index contributed by atoms with van der Waals surface area (Å²) in [5, 5.41) is 8.86. The van der Waals surface area contributed by atoms with E-state index in [1.165, 1.54) is 18.4 Å². The molecule has 0 atom stereocenters. The lowest BCUT2D eigenvalue weighted by Crippen LogP contribution is -2.32. The number of hydrogen-bond acceptors (Lipinski definition) is 4. The number of halogens is 1. The highest BCUT2D eigenvalue weighted by atomic mass is 35.5. The SMILES string of the molecule is O=C(/C=C/c1ccco1)NC(=S)Nc1ccc(NC(=O)c2cccc(Cl)c2)cc1. The maximum Gasteiger partial charge on any atom is 0.255 e. The van der Waals surface area contributed by atoms with E-state index >= 15 is 0 Å². The molecule has 1 aromatic heterocycles. The summed E-state index contributed by atoms with van der Waals surface area (Å²) in [5.41, 5.74) is 1.73. The second kappa shape index (κ2) is 9.68. The Balaban J connectivity index is 1.51. The van der Waals surface area contributed by atoms with Crippen LogP contribution in [0.4, 0.5) is 11.4 Å². The standard InChI is InChI=1S/C21H16ClN3O3S/c22-15-4-1-3-14(13-15)20(27)23-16-6-8-17(9-7-16)24-21(29)25-19(26)11-10-18-5-2-12-28-18/h1-13H,(H,23,27)(H2,24,25,26,29)/b11-10+. The fourth-order valence-electron chi connectivity index (χ4n) is 2.33. The van der Waals surface area contributed by atoms with Crippen LogP contribution in [0.2, 0.25) is 5.02 Å². The van der Waals surface area contributed by atoms with E-state index in [9.17, 15) is 9.59 Å². The van der Waals surface area contributed by atoms with Crippen molar-refractivity contribution in [2.75, 3.05) is 10.6 Å². The van der Waals surface area contributed by atoms with Crippen LogP contribution in [0, 0.1) is 0 Å². The molecular formula is C21H16ClN3O3S. The highest BCUT2D eigenvalue weighted by Crippen LogP contribution is 2.16. The van der Waals surface area contributed by atoms with Gasteiger partial charge in [0.1, 0.15) is 5.76 Å². The quantitative estimate of drug-likeness (QED) is 0.407. The molecule has 0 bridgehead atoms. The highest BCUT2D eigenvalue weighted by Gasteiger charge is 2.07. The van der Waals surface area contributed by atoms with Crippen LogP contribution >= 0.6 is 23.8 Å². The molecule has 3 N–H and O–H groups in total. The molecule has 3 rings (SSSR count). The van der Waals surface area contributed by atoms with Gasteiger partial charge in [-0.1, -0.05) is 17.7 Å². The average Bonchev–Trinajstić information content (AvgIpc) is 3.21. The average molecular weight is 426 g/mol. The van der Waals surface area contributed by atoms with E-state index in [-0.39, 0.29) is 16.9 Å². The molecule has 0 fully saturated rings. The largest absolute Gasteiger partial charge is 0.465 e. The number of benzene rings is 2. The van der Waals surface area contributed by atoms with Crippen LogP contribution < -0.4 is 16.0 Å². The molecule has 6 nitrogen and oxygen atoms in total. The second-order valence-electron chi connectivity index (χ2n) is 5.83. The molecule has 0 saturated heterocycles. The molecule has 8 heteroatoms. The molecule has 146 valence electrons. The lowest BCUT2D eigenvalue weighted by molar-refractivity contribution is -0.115. The Hall–Kier alpha value is -3.42. The van der Waals surface area contributed by atoms with Gasteiger partial charge >= 0.3 is 0 Å². The fraction of sp³-hybridized carbons (Fsp3) is 0. The van der Waals surface area contributed by atoms with E-state index < -0.39 is 0 Å². The Kier molecular flexibility index (Phi) is 6.78. The Bertz CT molecular complexity index is 1050. The predicted molar refractivity (Wildman–Crippen MR) is 118 cm³/mol. The third-order valence-corrected chi connectivity index (χ3v) is 4.11. The lowest BCUT2D eigenvalue weighted by atomic mass is 10.2. The third-order valence-electron chi connectivity index (χ3n) is 3.67. The monoisotopic (exact) mass is 425 g/mol. The van der Waals surface area contributed by atoms with E-state index in [4.69, 9.17) is 28.2 Å². The van der Waals surface area contributed by atoms with Gasteiger partial charge < -0.3 is 15.1 Å². The number of hydrogen-bond donors (Lipinski definition) is 3. The number of furan rings is 1. The van der Waals surface area contributed by atoms with Crippen LogP contribution in [0.5, 0.6) is 0 Å². The molecule has 0 aliphatic heterocycles. The zero-order valence-electron chi connectivity index (χ0n) is 15.0. The molecule has 0 radical (unpaired) electrons. The molecule has 2 aromatic carbocycles. The molecule has 1 heterocycles. The van der Waals surface area contributed by atoms with Gasteiger partial charge in [0.15, 0.2) is 5.11 Å². The topological polar surface area (TPSA) is 83.4 Å². The molecule has 0 spiro atoms. The first kappa shape index (κ1) is 20.3. The number of rotatable bonds is 5. The molecule has 0 saturated carbocycles. The molecule has 0 aliphatic carbocycles. The normalized spacial score (nSPS) is 10.5. The van der Waals surface area contributed by atoms with Crippen molar-refractivity contribution in [2.24, 2.45) is 0 Å². The minimum atomic E-state index is -0.385. The number of carbonyl (C=O) groups is 2. The van der Waals surface area contributed by atoms with Crippen LogP contribution in [0.25, 0.3) is 6.08 Å². The summed E-state index contributed by atoms with van der Waals surface area (Å²) in [6.45, 7) is 0. The molecule has 0 aliphatic rings. The lowest BCUT2D eigenvalue weighted by Gasteiger charge is -2.10. The summed E-state index contributed by atoms with van der Waals surface area (Å²) in [4.78, 5) is 24.1. The van der Waals surface area contributed by atoms with Gasteiger partial charge in [0.25, 0.3) is 5.91 Å². The summed E-state index contributed by atoms with van der Waals surface area (Å²) in [7, 11) is 0. The summed E-state index contributed by atoms with van der Waals surface area (Å²) in [6.07, 6.45) is 4.38. The van der Waals surface area contributed by atoms with Crippen LogP contribution in [-0.2, 0) is 4.79 Å². The van der Waals surface area contributed by atoms with E-state index in [1.54, 1.807) is 60.7 Å². The van der Waals surface area contributed by atoms with Gasteiger partial charge in [-0.25, -0.2) is 0 Å². The van der Waals surface area contributed by atoms with Crippen molar-refractivity contribution in [1.29, 1.82) is 0 Å². The molecular weight excluding hydrogens is 410 g/mol. The van der Waals surface area contributed by atoms with Gasteiger partial charge in [-0.05, 0) is 72.9 Å². The van der Waals surface area contributed by atoms with Crippen molar-refractivity contribution in [2.45, 2.75) is 0 Å². The van der Waals surface area contributed by atoms with Crippen molar-refractivity contribution in [3.8, 4) is 0 Å². The van der Waals surface area contributed by atoms with E-state index in [0.717, 1.165) is 0 Å². The Morgan fingerprint density at radius 3 is 2.34 bits per heavy atom. The minimum absolute atomic E-state index is 0.148. The number of anilines is 2. The van der Waals surface area contributed by atoms with Crippen molar-refractivity contribution in [3.63, 3.8) is 0 Å². The van der Waals surface area contributed by atoms with Crippen molar-refractivity contribution in [1.82, 2.24) is 5.32 Å². The summed E-state index contributed by atoms with van der Waals surface area (Å²) in [6, 6.07) is 17.0. The summed E-state index contributed by atoms with van der Waals surface area (Å²) >= 11 is 11.0. The maximum absolute atomic E-state index is 12.2.